The number of aryl methyl sites for hydroxylation is 1. The average Bonchev–Trinajstić information content (AvgIpc) is 3.01. The number of nitrogens with one attached hydrogen (secondary N) is 1. The zero-order valence-electron chi connectivity index (χ0n) is 13.1. The van der Waals surface area contributed by atoms with Gasteiger partial charge in [-0.1, -0.05) is 53.7 Å². The number of halogens is 1. The molecule has 0 unspecified atom stereocenters. The van der Waals surface area contributed by atoms with Gasteiger partial charge in [0, 0.05) is 5.69 Å². The molecule has 1 aliphatic rings. The lowest BCUT2D eigenvalue weighted by Crippen LogP contribution is -2.23. The second kappa shape index (κ2) is 6.90. The summed E-state index contributed by atoms with van der Waals surface area (Å²) in [7, 11) is 0. The van der Waals surface area contributed by atoms with Crippen LogP contribution in [0.3, 0.4) is 0 Å². The molecule has 0 saturated heterocycles. The number of thioether (sulfide) groups is 1. The Morgan fingerprint density at radius 1 is 1.12 bits per heavy atom. The Bertz CT molecular complexity index is 928. The predicted octanol–water partition coefficient (Wildman–Crippen LogP) is 4.44. The van der Waals surface area contributed by atoms with E-state index < -0.39 is 0 Å². The number of fused-ring (bicyclic) bond motifs is 1. The molecule has 0 saturated carbocycles. The van der Waals surface area contributed by atoms with E-state index in [9.17, 15) is 4.79 Å². The van der Waals surface area contributed by atoms with Crippen LogP contribution in [0, 0.1) is 0 Å². The number of anilines is 1. The van der Waals surface area contributed by atoms with E-state index in [0.29, 0.717) is 28.1 Å². The highest BCUT2D eigenvalue weighted by Gasteiger charge is 2.26. The molecule has 0 fully saturated rings. The molecule has 7 heteroatoms. The van der Waals surface area contributed by atoms with Crippen molar-refractivity contribution in [2.45, 2.75) is 23.3 Å². The molecule has 0 spiro atoms. The van der Waals surface area contributed by atoms with E-state index in [2.05, 4.69) is 15.5 Å². The Morgan fingerprint density at radius 2 is 1.92 bits per heavy atom. The van der Waals surface area contributed by atoms with E-state index in [0.717, 1.165) is 17.7 Å². The van der Waals surface area contributed by atoms with Crippen LogP contribution in [0.5, 0.6) is 0 Å². The molecule has 1 atom stereocenters. The smallest absolute Gasteiger partial charge is 0.277 e. The molecule has 2 aromatic carbocycles. The Kier molecular flexibility index (Phi) is 4.46. The topological polar surface area (TPSA) is 68.0 Å². The molecule has 1 aromatic heterocycles. The van der Waals surface area contributed by atoms with Crippen LogP contribution in [0.1, 0.15) is 12.0 Å². The van der Waals surface area contributed by atoms with E-state index in [1.807, 2.05) is 42.5 Å². The zero-order valence-corrected chi connectivity index (χ0v) is 14.7. The highest BCUT2D eigenvalue weighted by atomic mass is 35.5. The Labute approximate surface area is 153 Å². The number of aromatic nitrogens is 2. The second-order valence-electron chi connectivity index (χ2n) is 5.64. The number of para-hydroxylation sites is 1. The third kappa shape index (κ3) is 3.41. The van der Waals surface area contributed by atoms with Crippen molar-refractivity contribution in [3.8, 4) is 11.5 Å². The summed E-state index contributed by atoms with van der Waals surface area (Å²) in [5.74, 6) is 0.304. The van der Waals surface area contributed by atoms with Crippen molar-refractivity contribution in [1.29, 1.82) is 0 Å². The number of carbonyl (C=O) groups excluding carboxylic acids is 1. The summed E-state index contributed by atoms with van der Waals surface area (Å²) in [6.07, 6.45) is 1.52. The fraction of sp³-hybridized carbons (Fsp3) is 0.167. The number of carbonyl (C=O) groups is 1. The van der Waals surface area contributed by atoms with Gasteiger partial charge in [-0.05, 0) is 36.6 Å². The van der Waals surface area contributed by atoms with Gasteiger partial charge in [0.1, 0.15) is 0 Å². The highest BCUT2D eigenvalue weighted by molar-refractivity contribution is 8.00. The van der Waals surface area contributed by atoms with Crippen molar-refractivity contribution < 1.29 is 9.21 Å². The monoisotopic (exact) mass is 371 g/mol. The maximum Gasteiger partial charge on any atom is 0.277 e. The molecule has 5 nitrogen and oxygen atoms in total. The van der Waals surface area contributed by atoms with Gasteiger partial charge in [0.15, 0.2) is 0 Å². The number of benzene rings is 2. The second-order valence-corrected chi connectivity index (χ2v) is 7.21. The van der Waals surface area contributed by atoms with Gasteiger partial charge in [0.2, 0.25) is 11.8 Å². The molecule has 1 amide bonds. The average molecular weight is 372 g/mol. The molecular weight excluding hydrogens is 358 g/mol. The molecule has 126 valence electrons. The van der Waals surface area contributed by atoms with E-state index in [1.165, 1.54) is 11.8 Å². The molecule has 25 heavy (non-hydrogen) atoms. The van der Waals surface area contributed by atoms with Gasteiger partial charge in [0.25, 0.3) is 5.22 Å². The molecule has 0 aliphatic carbocycles. The normalized spacial score (nSPS) is 16.8. The standard InChI is InChI=1S/C18H14ClN3O2S/c19-13-7-3-2-6-12(13)17-21-22-18(24-17)25-15-10-9-11-5-1-4-8-14(11)20-16(15)23/h1-8,15H,9-10H2,(H,20,23)/t15-/m1/s1. The summed E-state index contributed by atoms with van der Waals surface area (Å²) in [5, 5.41) is 11.7. The van der Waals surface area contributed by atoms with Crippen LogP contribution in [0.25, 0.3) is 11.5 Å². The van der Waals surface area contributed by atoms with Crippen LogP contribution in [-0.4, -0.2) is 21.4 Å². The third-order valence-electron chi connectivity index (χ3n) is 4.00. The van der Waals surface area contributed by atoms with Crippen molar-refractivity contribution in [3.63, 3.8) is 0 Å². The van der Waals surface area contributed by atoms with Crippen molar-refractivity contribution in [3.05, 3.63) is 59.1 Å². The molecule has 0 bridgehead atoms. The Hall–Kier alpha value is -2.31. The maximum absolute atomic E-state index is 12.5. The lowest BCUT2D eigenvalue weighted by Gasteiger charge is -2.09. The molecular formula is C18H14ClN3O2S. The summed E-state index contributed by atoms with van der Waals surface area (Å²) in [5.41, 5.74) is 2.69. The Balaban J connectivity index is 1.52. The minimum atomic E-state index is -0.285. The summed E-state index contributed by atoms with van der Waals surface area (Å²) < 4.78 is 5.70. The number of rotatable bonds is 3. The number of amides is 1. The van der Waals surface area contributed by atoms with Crippen LogP contribution in [0.15, 0.2) is 58.2 Å². The van der Waals surface area contributed by atoms with E-state index in [4.69, 9.17) is 16.0 Å². The fourth-order valence-electron chi connectivity index (χ4n) is 2.73. The molecule has 2 heterocycles. The SMILES string of the molecule is O=C1Nc2ccccc2CC[C@H]1Sc1nnc(-c2ccccc2Cl)o1. The zero-order chi connectivity index (χ0) is 17.2. The number of nitrogens with zero attached hydrogens (tertiary/aromatic N) is 2. The summed E-state index contributed by atoms with van der Waals surface area (Å²) >= 11 is 7.44. The molecule has 3 aromatic rings. The first kappa shape index (κ1) is 16.2. The van der Waals surface area contributed by atoms with Crippen LogP contribution in [0.2, 0.25) is 5.02 Å². The van der Waals surface area contributed by atoms with Gasteiger partial charge in [0.05, 0.1) is 15.8 Å². The highest BCUT2D eigenvalue weighted by Crippen LogP contribution is 2.33. The lowest BCUT2D eigenvalue weighted by molar-refractivity contribution is -0.115. The summed E-state index contributed by atoms with van der Waals surface area (Å²) in [6, 6.07) is 15.1. The fourth-order valence-corrected chi connectivity index (χ4v) is 3.80. The van der Waals surface area contributed by atoms with Gasteiger partial charge >= 0.3 is 0 Å². The summed E-state index contributed by atoms with van der Waals surface area (Å²) in [6.45, 7) is 0. The number of hydrogen-bond donors (Lipinski definition) is 1. The first-order valence-corrected chi connectivity index (χ1v) is 9.10. The van der Waals surface area contributed by atoms with E-state index >= 15 is 0 Å². The van der Waals surface area contributed by atoms with Gasteiger partial charge in [-0.3, -0.25) is 4.79 Å². The summed E-state index contributed by atoms with van der Waals surface area (Å²) in [4.78, 5) is 12.5. The maximum atomic E-state index is 12.5. The quantitative estimate of drug-likeness (QED) is 0.737. The van der Waals surface area contributed by atoms with Crippen molar-refractivity contribution in [1.82, 2.24) is 10.2 Å². The molecule has 1 aliphatic heterocycles. The van der Waals surface area contributed by atoms with Crippen LogP contribution >= 0.6 is 23.4 Å². The van der Waals surface area contributed by atoms with Crippen LogP contribution in [-0.2, 0) is 11.2 Å². The Morgan fingerprint density at radius 3 is 2.80 bits per heavy atom. The van der Waals surface area contributed by atoms with Crippen LogP contribution in [0.4, 0.5) is 5.69 Å². The molecule has 4 rings (SSSR count). The minimum absolute atomic E-state index is 0.0487. The van der Waals surface area contributed by atoms with Crippen molar-refractivity contribution in [2.24, 2.45) is 0 Å². The van der Waals surface area contributed by atoms with Crippen molar-refractivity contribution >= 4 is 35.0 Å². The molecule has 1 N–H and O–H groups in total. The van der Waals surface area contributed by atoms with Gasteiger partial charge < -0.3 is 9.73 Å². The molecule has 0 radical (unpaired) electrons. The van der Waals surface area contributed by atoms with E-state index in [-0.39, 0.29) is 11.2 Å². The lowest BCUT2D eigenvalue weighted by atomic mass is 10.1. The number of hydrogen-bond acceptors (Lipinski definition) is 5. The van der Waals surface area contributed by atoms with Crippen LogP contribution < -0.4 is 5.32 Å². The third-order valence-corrected chi connectivity index (χ3v) is 5.43. The van der Waals surface area contributed by atoms with Gasteiger partial charge in [-0.2, -0.15) is 0 Å². The predicted molar refractivity (Wildman–Crippen MR) is 97.8 cm³/mol. The first-order chi connectivity index (χ1) is 12.2. The van der Waals surface area contributed by atoms with Gasteiger partial charge in [-0.25, -0.2) is 0 Å². The largest absolute Gasteiger partial charge is 0.411 e. The van der Waals surface area contributed by atoms with Gasteiger partial charge in [-0.15, -0.1) is 10.2 Å². The van der Waals surface area contributed by atoms with Crippen molar-refractivity contribution in [2.75, 3.05) is 5.32 Å². The first-order valence-electron chi connectivity index (χ1n) is 7.84. The minimum Gasteiger partial charge on any atom is -0.411 e. The van der Waals surface area contributed by atoms with E-state index in [1.54, 1.807) is 6.07 Å².